The molecule has 0 atom stereocenters. The molecule has 29 heavy (non-hydrogen) atoms. The Balaban J connectivity index is 1.86. The van der Waals surface area contributed by atoms with Crippen LogP contribution in [0.2, 0.25) is 0 Å². The van der Waals surface area contributed by atoms with E-state index in [4.69, 9.17) is 4.42 Å². The second-order valence-corrected chi connectivity index (χ2v) is 6.19. The lowest BCUT2D eigenvalue weighted by atomic mass is 10.1. The molecular formula is C21H16F2N2O4. The fourth-order valence-electron chi connectivity index (χ4n) is 2.71. The molecule has 0 saturated heterocycles. The second kappa shape index (κ2) is 8.92. The average Bonchev–Trinajstić information content (AvgIpc) is 3.20. The number of amides is 1. The molecular weight excluding hydrogens is 382 g/mol. The molecule has 0 aliphatic carbocycles. The van der Waals surface area contributed by atoms with Crippen LogP contribution in [-0.4, -0.2) is 15.7 Å². The fourth-order valence-corrected chi connectivity index (χ4v) is 2.71. The van der Waals surface area contributed by atoms with Gasteiger partial charge < -0.3 is 9.32 Å². The standard InChI is InChI=1S/C21H16F2N2O4/c22-17-6-3-15(4-7-17)5-10-21(26)24(14-19-2-1-11-29-19)13-16-12-18(23)8-9-20(16)25(27)28/h1-12H,13-14H2/b10-5+. The summed E-state index contributed by atoms with van der Waals surface area (Å²) in [6, 6.07) is 11.9. The number of carbonyl (C=O) groups excluding carboxylic acids is 1. The number of furan rings is 1. The molecule has 1 heterocycles. The van der Waals surface area contributed by atoms with Crippen molar-refractivity contribution < 1.29 is 22.9 Å². The van der Waals surface area contributed by atoms with E-state index in [2.05, 4.69) is 0 Å². The average molecular weight is 398 g/mol. The summed E-state index contributed by atoms with van der Waals surface area (Å²) in [4.78, 5) is 24.7. The highest BCUT2D eigenvalue weighted by Gasteiger charge is 2.20. The number of nitro groups is 1. The molecule has 0 fully saturated rings. The van der Waals surface area contributed by atoms with Gasteiger partial charge in [-0.2, -0.15) is 0 Å². The normalized spacial score (nSPS) is 11.0. The molecule has 0 unspecified atom stereocenters. The Morgan fingerprint density at radius 1 is 1.07 bits per heavy atom. The zero-order valence-corrected chi connectivity index (χ0v) is 15.1. The van der Waals surface area contributed by atoms with Crippen LogP contribution in [0.1, 0.15) is 16.9 Å². The number of nitro benzene ring substituents is 1. The molecule has 8 heteroatoms. The molecule has 0 bridgehead atoms. The van der Waals surface area contributed by atoms with Crippen molar-refractivity contribution in [2.45, 2.75) is 13.1 Å². The summed E-state index contributed by atoms with van der Waals surface area (Å²) in [6.07, 6.45) is 4.20. The molecule has 0 spiro atoms. The van der Waals surface area contributed by atoms with Crippen molar-refractivity contribution in [3.05, 3.63) is 106 Å². The van der Waals surface area contributed by atoms with Gasteiger partial charge in [-0.25, -0.2) is 8.78 Å². The maximum absolute atomic E-state index is 13.7. The number of hydrogen-bond acceptors (Lipinski definition) is 4. The Kier molecular flexibility index (Phi) is 6.13. The van der Waals surface area contributed by atoms with E-state index >= 15 is 0 Å². The molecule has 148 valence electrons. The third-order valence-electron chi connectivity index (χ3n) is 4.13. The lowest BCUT2D eigenvalue weighted by Gasteiger charge is -2.20. The summed E-state index contributed by atoms with van der Waals surface area (Å²) in [5.74, 6) is -1.04. The lowest BCUT2D eigenvalue weighted by Crippen LogP contribution is -2.28. The summed E-state index contributed by atoms with van der Waals surface area (Å²) >= 11 is 0. The number of rotatable bonds is 7. The van der Waals surface area contributed by atoms with Gasteiger partial charge in [-0.3, -0.25) is 14.9 Å². The van der Waals surface area contributed by atoms with Gasteiger partial charge in [0.25, 0.3) is 5.69 Å². The van der Waals surface area contributed by atoms with Crippen molar-refractivity contribution >= 4 is 17.7 Å². The van der Waals surface area contributed by atoms with Gasteiger partial charge in [0.1, 0.15) is 17.4 Å². The molecule has 2 aromatic carbocycles. The van der Waals surface area contributed by atoms with Crippen LogP contribution in [0.15, 0.2) is 71.4 Å². The molecule has 0 aliphatic rings. The first kappa shape index (κ1) is 19.9. The highest BCUT2D eigenvalue weighted by Crippen LogP contribution is 2.22. The molecule has 0 saturated carbocycles. The van der Waals surface area contributed by atoms with E-state index in [0.29, 0.717) is 11.3 Å². The molecule has 0 aliphatic heterocycles. The first-order chi connectivity index (χ1) is 13.9. The first-order valence-corrected chi connectivity index (χ1v) is 8.60. The lowest BCUT2D eigenvalue weighted by molar-refractivity contribution is -0.385. The maximum atomic E-state index is 13.7. The van der Waals surface area contributed by atoms with Gasteiger partial charge in [0, 0.05) is 12.1 Å². The second-order valence-electron chi connectivity index (χ2n) is 6.19. The van der Waals surface area contributed by atoms with Crippen LogP contribution in [0.5, 0.6) is 0 Å². The fraction of sp³-hybridized carbons (Fsp3) is 0.0952. The number of benzene rings is 2. The monoisotopic (exact) mass is 398 g/mol. The van der Waals surface area contributed by atoms with Gasteiger partial charge in [-0.1, -0.05) is 12.1 Å². The Morgan fingerprint density at radius 2 is 1.79 bits per heavy atom. The molecule has 1 aromatic heterocycles. The number of hydrogen-bond donors (Lipinski definition) is 0. The van der Waals surface area contributed by atoms with Gasteiger partial charge in [-0.15, -0.1) is 0 Å². The predicted molar refractivity (Wildman–Crippen MR) is 101 cm³/mol. The third-order valence-corrected chi connectivity index (χ3v) is 4.13. The third kappa shape index (κ3) is 5.35. The summed E-state index contributed by atoms with van der Waals surface area (Å²) in [5.41, 5.74) is 0.380. The molecule has 3 rings (SSSR count). The zero-order valence-electron chi connectivity index (χ0n) is 15.1. The van der Waals surface area contributed by atoms with Crippen LogP contribution in [0.25, 0.3) is 6.08 Å². The molecule has 3 aromatic rings. The van der Waals surface area contributed by atoms with Gasteiger partial charge in [-0.05, 0) is 48.0 Å². The Morgan fingerprint density at radius 3 is 2.45 bits per heavy atom. The van der Waals surface area contributed by atoms with Crippen molar-refractivity contribution in [1.29, 1.82) is 0 Å². The van der Waals surface area contributed by atoms with E-state index in [0.717, 1.165) is 18.2 Å². The van der Waals surface area contributed by atoms with Crippen LogP contribution in [0.4, 0.5) is 14.5 Å². The van der Waals surface area contributed by atoms with Crippen molar-refractivity contribution in [3.8, 4) is 0 Å². The van der Waals surface area contributed by atoms with E-state index in [-0.39, 0.29) is 24.3 Å². The van der Waals surface area contributed by atoms with Crippen molar-refractivity contribution in [2.75, 3.05) is 0 Å². The molecule has 6 nitrogen and oxygen atoms in total. The van der Waals surface area contributed by atoms with E-state index < -0.39 is 22.5 Å². The quantitative estimate of drug-likeness (QED) is 0.328. The van der Waals surface area contributed by atoms with Gasteiger partial charge in [0.05, 0.1) is 29.8 Å². The highest BCUT2D eigenvalue weighted by molar-refractivity contribution is 5.91. The van der Waals surface area contributed by atoms with Crippen LogP contribution >= 0.6 is 0 Å². The maximum Gasteiger partial charge on any atom is 0.274 e. The number of carbonyl (C=O) groups is 1. The number of halogens is 2. The minimum Gasteiger partial charge on any atom is -0.467 e. The van der Waals surface area contributed by atoms with Crippen LogP contribution in [0, 0.1) is 21.7 Å². The SMILES string of the molecule is O=C(/C=C/c1ccc(F)cc1)N(Cc1ccco1)Cc1cc(F)ccc1[N+](=O)[O-]. The van der Waals surface area contributed by atoms with Crippen molar-refractivity contribution in [2.24, 2.45) is 0 Å². The summed E-state index contributed by atoms with van der Waals surface area (Å²) in [5, 5.41) is 11.3. The molecule has 0 N–H and O–H groups in total. The summed E-state index contributed by atoms with van der Waals surface area (Å²) < 4.78 is 31.9. The van der Waals surface area contributed by atoms with E-state index in [1.165, 1.54) is 47.6 Å². The minimum atomic E-state index is -0.641. The number of nitrogens with zero attached hydrogens (tertiary/aromatic N) is 2. The smallest absolute Gasteiger partial charge is 0.274 e. The van der Waals surface area contributed by atoms with Crippen LogP contribution in [0.3, 0.4) is 0 Å². The summed E-state index contributed by atoms with van der Waals surface area (Å²) in [6.45, 7) is -0.158. The Bertz CT molecular complexity index is 1030. The van der Waals surface area contributed by atoms with Gasteiger partial charge in [0.15, 0.2) is 0 Å². The van der Waals surface area contributed by atoms with E-state index in [9.17, 15) is 23.7 Å². The van der Waals surface area contributed by atoms with E-state index in [1.807, 2.05) is 0 Å². The van der Waals surface area contributed by atoms with Crippen LogP contribution < -0.4 is 0 Å². The molecule has 1 amide bonds. The van der Waals surface area contributed by atoms with Crippen molar-refractivity contribution in [1.82, 2.24) is 4.90 Å². The van der Waals surface area contributed by atoms with Gasteiger partial charge >= 0.3 is 0 Å². The Labute approximate surface area is 164 Å². The minimum absolute atomic E-state index is 0.0350. The van der Waals surface area contributed by atoms with Crippen molar-refractivity contribution in [3.63, 3.8) is 0 Å². The zero-order chi connectivity index (χ0) is 20.8. The summed E-state index contributed by atoms with van der Waals surface area (Å²) in [7, 11) is 0. The predicted octanol–water partition coefficient (Wildman–Crippen LogP) is 4.71. The first-order valence-electron chi connectivity index (χ1n) is 8.60. The van der Waals surface area contributed by atoms with Gasteiger partial charge in [0.2, 0.25) is 5.91 Å². The largest absolute Gasteiger partial charge is 0.467 e. The van der Waals surface area contributed by atoms with Crippen LogP contribution in [-0.2, 0) is 17.9 Å². The Hall–Kier alpha value is -3.81. The highest BCUT2D eigenvalue weighted by atomic mass is 19.1. The van der Waals surface area contributed by atoms with E-state index in [1.54, 1.807) is 12.1 Å². The molecule has 0 radical (unpaired) electrons. The topological polar surface area (TPSA) is 76.6 Å².